The highest BCUT2D eigenvalue weighted by Crippen LogP contribution is 2.27. The Balaban J connectivity index is 1.39. The molecule has 0 unspecified atom stereocenters. The maximum Gasteiger partial charge on any atom is 0.261 e. The molecule has 134 valence electrons. The van der Waals surface area contributed by atoms with Crippen LogP contribution in [-0.4, -0.2) is 34.1 Å². The lowest BCUT2D eigenvalue weighted by Gasteiger charge is -2.32. The van der Waals surface area contributed by atoms with Gasteiger partial charge in [0.05, 0.1) is 22.3 Å². The average Bonchev–Trinajstić information content (AvgIpc) is 2.69. The van der Waals surface area contributed by atoms with Crippen molar-refractivity contribution in [3.8, 4) is 0 Å². The number of piperidine rings is 1. The molecule has 1 fully saturated rings. The summed E-state index contributed by atoms with van der Waals surface area (Å²) in [6.45, 7) is 3.67. The highest BCUT2D eigenvalue weighted by Gasteiger charge is 2.20. The first-order chi connectivity index (χ1) is 12.7. The number of rotatable bonds is 4. The summed E-state index contributed by atoms with van der Waals surface area (Å²) in [5.74, 6) is 0.652. The van der Waals surface area contributed by atoms with Gasteiger partial charge in [-0.2, -0.15) is 0 Å². The van der Waals surface area contributed by atoms with Crippen LogP contribution in [0.1, 0.15) is 24.3 Å². The Bertz CT molecular complexity index is 946. The summed E-state index contributed by atoms with van der Waals surface area (Å²) in [6, 6.07) is 16.1. The third-order valence-electron chi connectivity index (χ3n) is 5.32. The van der Waals surface area contributed by atoms with E-state index in [-0.39, 0.29) is 5.56 Å². The largest absolute Gasteiger partial charge is 0.302 e. The molecule has 2 aromatic carbocycles. The van der Waals surface area contributed by atoms with Gasteiger partial charge in [-0.15, -0.1) is 0 Å². The van der Waals surface area contributed by atoms with Crippen molar-refractivity contribution in [2.75, 3.05) is 19.6 Å². The zero-order chi connectivity index (χ0) is 17.9. The van der Waals surface area contributed by atoms with E-state index < -0.39 is 0 Å². The van der Waals surface area contributed by atoms with E-state index in [0.717, 1.165) is 19.6 Å². The molecule has 4 rings (SSSR count). The van der Waals surface area contributed by atoms with Crippen LogP contribution in [0.2, 0.25) is 5.02 Å². The van der Waals surface area contributed by atoms with Gasteiger partial charge in [-0.1, -0.05) is 48.0 Å². The molecule has 4 nitrogen and oxygen atoms in total. The van der Waals surface area contributed by atoms with Gasteiger partial charge >= 0.3 is 0 Å². The average molecular weight is 368 g/mol. The molecule has 26 heavy (non-hydrogen) atoms. The predicted molar refractivity (Wildman–Crippen MR) is 106 cm³/mol. The second kappa shape index (κ2) is 7.60. The van der Waals surface area contributed by atoms with Crippen LogP contribution in [0.25, 0.3) is 10.9 Å². The molecular weight excluding hydrogens is 346 g/mol. The van der Waals surface area contributed by atoms with Crippen LogP contribution in [0.5, 0.6) is 0 Å². The van der Waals surface area contributed by atoms with Gasteiger partial charge in [0, 0.05) is 13.1 Å². The summed E-state index contributed by atoms with van der Waals surface area (Å²) >= 11 is 6.13. The molecule has 1 aromatic heterocycles. The molecular formula is C21H22ClN3O. The summed E-state index contributed by atoms with van der Waals surface area (Å²) in [4.78, 5) is 19.4. The molecule has 0 saturated carbocycles. The molecule has 0 spiro atoms. The molecule has 0 atom stereocenters. The highest BCUT2D eigenvalue weighted by molar-refractivity contribution is 6.34. The Kier molecular flexibility index (Phi) is 5.05. The van der Waals surface area contributed by atoms with Crippen LogP contribution in [0.15, 0.2) is 59.7 Å². The first-order valence-corrected chi connectivity index (χ1v) is 9.51. The Labute approximate surface area is 158 Å². The van der Waals surface area contributed by atoms with Crippen molar-refractivity contribution < 1.29 is 0 Å². The molecule has 0 bridgehead atoms. The molecule has 2 heterocycles. The number of hydrogen-bond donors (Lipinski definition) is 0. The molecule has 1 aliphatic heterocycles. The fourth-order valence-corrected chi connectivity index (χ4v) is 4.00. The van der Waals surface area contributed by atoms with E-state index in [1.54, 1.807) is 29.1 Å². The minimum Gasteiger partial charge on any atom is -0.302 e. The lowest BCUT2D eigenvalue weighted by molar-refractivity contribution is 0.204. The standard InChI is InChI=1S/C21H22ClN3O/c22-19-8-4-7-18-20(19)23-15-25(21(18)26)14-13-24-11-9-17(10-12-24)16-5-2-1-3-6-16/h1-8,15,17H,9-14H2. The minimum atomic E-state index is -0.0170. The maximum absolute atomic E-state index is 12.6. The van der Waals surface area contributed by atoms with Gasteiger partial charge in [0.15, 0.2) is 0 Å². The smallest absolute Gasteiger partial charge is 0.261 e. The molecule has 0 radical (unpaired) electrons. The number of para-hydroxylation sites is 1. The first kappa shape index (κ1) is 17.3. The molecule has 0 amide bonds. The van der Waals surface area contributed by atoms with E-state index in [1.807, 2.05) is 0 Å². The number of likely N-dealkylation sites (tertiary alicyclic amines) is 1. The van der Waals surface area contributed by atoms with Crippen LogP contribution < -0.4 is 5.56 Å². The quantitative estimate of drug-likeness (QED) is 0.701. The lowest BCUT2D eigenvalue weighted by Crippen LogP contribution is -2.36. The second-order valence-electron chi connectivity index (χ2n) is 6.91. The third kappa shape index (κ3) is 3.53. The summed E-state index contributed by atoms with van der Waals surface area (Å²) in [5, 5.41) is 1.11. The van der Waals surface area contributed by atoms with E-state index >= 15 is 0 Å². The van der Waals surface area contributed by atoms with Crippen molar-refractivity contribution >= 4 is 22.5 Å². The topological polar surface area (TPSA) is 38.1 Å². The van der Waals surface area contributed by atoms with Crippen LogP contribution in [0, 0.1) is 0 Å². The van der Waals surface area contributed by atoms with Crippen LogP contribution in [-0.2, 0) is 6.54 Å². The zero-order valence-corrected chi connectivity index (χ0v) is 15.4. The number of nitrogens with zero attached hydrogens (tertiary/aromatic N) is 3. The number of fused-ring (bicyclic) bond motifs is 1. The summed E-state index contributed by atoms with van der Waals surface area (Å²) < 4.78 is 1.70. The Morgan fingerprint density at radius 2 is 1.77 bits per heavy atom. The molecule has 1 aliphatic rings. The Morgan fingerprint density at radius 3 is 2.54 bits per heavy atom. The third-order valence-corrected chi connectivity index (χ3v) is 5.62. The van der Waals surface area contributed by atoms with E-state index in [4.69, 9.17) is 11.6 Å². The van der Waals surface area contributed by atoms with Gasteiger partial charge < -0.3 is 4.90 Å². The summed E-state index contributed by atoms with van der Waals surface area (Å²) in [7, 11) is 0. The van der Waals surface area contributed by atoms with Gasteiger partial charge in [0.1, 0.15) is 0 Å². The van der Waals surface area contributed by atoms with Gasteiger partial charge in [-0.3, -0.25) is 9.36 Å². The molecule has 0 aliphatic carbocycles. The van der Waals surface area contributed by atoms with Gasteiger partial charge in [0.25, 0.3) is 5.56 Å². The summed E-state index contributed by atoms with van der Waals surface area (Å²) in [6.07, 6.45) is 3.96. The van der Waals surface area contributed by atoms with Crippen molar-refractivity contribution in [2.24, 2.45) is 0 Å². The highest BCUT2D eigenvalue weighted by atomic mass is 35.5. The van der Waals surface area contributed by atoms with Crippen molar-refractivity contribution in [3.63, 3.8) is 0 Å². The lowest BCUT2D eigenvalue weighted by atomic mass is 9.89. The Hall–Kier alpha value is -2.17. The number of aromatic nitrogens is 2. The van der Waals surface area contributed by atoms with Crippen LogP contribution in [0.4, 0.5) is 0 Å². The monoisotopic (exact) mass is 367 g/mol. The number of halogens is 1. The summed E-state index contributed by atoms with van der Waals surface area (Å²) in [5.41, 5.74) is 2.01. The van der Waals surface area contributed by atoms with E-state index in [2.05, 4.69) is 40.2 Å². The first-order valence-electron chi connectivity index (χ1n) is 9.13. The van der Waals surface area contributed by atoms with Crippen LogP contribution >= 0.6 is 11.6 Å². The normalized spacial score (nSPS) is 16.2. The van der Waals surface area contributed by atoms with Crippen molar-refractivity contribution in [3.05, 3.63) is 75.8 Å². The number of benzene rings is 2. The second-order valence-corrected chi connectivity index (χ2v) is 7.31. The molecule has 1 saturated heterocycles. The van der Waals surface area contributed by atoms with E-state index in [9.17, 15) is 4.79 Å². The zero-order valence-electron chi connectivity index (χ0n) is 14.6. The van der Waals surface area contributed by atoms with Gasteiger partial charge in [-0.25, -0.2) is 4.98 Å². The Morgan fingerprint density at radius 1 is 1.00 bits per heavy atom. The van der Waals surface area contributed by atoms with E-state index in [1.165, 1.54) is 18.4 Å². The maximum atomic E-state index is 12.6. The minimum absolute atomic E-state index is 0.0170. The van der Waals surface area contributed by atoms with Crippen LogP contribution in [0.3, 0.4) is 0 Å². The van der Waals surface area contributed by atoms with Crippen molar-refractivity contribution in [1.82, 2.24) is 14.5 Å². The molecule has 3 aromatic rings. The molecule has 5 heteroatoms. The van der Waals surface area contributed by atoms with E-state index in [0.29, 0.717) is 28.4 Å². The molecule has 0 N–H and O–H groups in total. The number of hydrogen-bond acceptors (Lipinski definition) is 3. The fraction of sp³-hybridized carbons (Fsp3) is 0.333. The van der Waals surface area contributed by atoms with Gasteiger partial charge in [0.2, 0.25) is 0 Å². The van der Waals surface area contributed by atoms with Crippen molar-refractivity contribution in [1.29, 1.82) is 0 Å². The fourth-order valence-electron chi connectivity index (χ4n) is 3.78. The predicted octanol–water partition coefficient (Wildman–Crippen LogP) is 3.93. The SMILES string of the molecule is O=c1c2cccc(Cl)c2ncn1CCN1CCC(c2ccccc2)CC1. The van der Waals surface area contributed by atoms with Crippen molar-refractivity contribution in [2.45, 2.75) is 25.3 Å². The van der Waals surface area contributed by atoms with Gasteiger partial charge in [-0.05, 0) is 49.5 Å².